The molecule has 1 heterocycles. The molecule has 23 heavy (non-hydrogen) atoms. The highest BCUT2D eigenvalue weighted by atomic mass is 32.2. The first-order chi connectivity index (χ1) is 10.7. The lowest BCUT2D eigenvalue weighted by atomic mass is 10.2. The van der Waals surface area contributed by atoms with E-state index in [9.17, 15) is 13.2 Å². The maximum absolute atomic E-state index is 12.8. The molecule has 1 aliphatic rings. The fraction of sp³-hybridized carbons (Fsp3) is 0.588. The number of rotatable bonds is 5. The molecule has 0 N–H and O–H groups in total. The van der Waals surface area contributed by atoms with Gasteiger partial charge in [-0.2, -0.15) is 0 Å². The Morgan fingerprint density at radius 3 is 2.61 bits per heavy atom. The number of sulfone groups is 1. The number of amides is 1. The predicted molar refractivity (Wildman–Crippen MR) is 95.7 cm³/mol. The highest BCUT2D eigenvalue weighted by Gasteiger charge is 2.35. The number of aryl methyl sites for hydroxylation is 2. The van der Waals surface area contributed by atoms with Crippen LogP contribution in [-0.4, -0.2) is 48.6 Å². The van der Waals surface area contributed by atoms with Gasteiger partial charge in [0.25, 0.3) is 0 Å². The highest BCUT2D eigenvalue weighted by Crippen LogP contribution is 2.29. The van der Waals surface area contributed by atoms with E-state index in [2.05, 4.69) is 19.1 Å². The summed E-state index contributed by atoms with van der Waals surface area (Å²) in [5, 5.41) is -0.223. The summed E-state index contributed by atoms with van der Waals surface area (Å²) in [4.78, 5) is 15.6. The van der Waals surface area contributed by atoms with Crippen LogP contribution in [0.2, 0.25) is 0 Å². The summed E-state index contributed by atoms with van der Waals surface area (Å²) in [6.07, 6.45) is 0.558. The summed E-state index contributed by atoms with van der Waals surface area (Å²) in [7, 11) is -2.98. The third-order valence-electron chi connectivity index (χ3n) is 4.25. The monoisotopic (exact) mass is 355 g/mol. The molecule has 0 bridgehead atoms. The molecule has 0 unspecified atom stereocenters. The second kappa shape index (κ2) is 7.26. The van der Waals surface area contributed by atoms with E-state index in [1.807, 2.05) is 26.8 Å². The van der Waals surface area contributed by atoms with Gasteiger partial charge in [0, 0.05) is 17.5 Å². The van der Waals surface area contributed by atoms with Crippen LogP contribution in [0, 0.1) is 13.8 Å². The number of carbonyl (C=O) groups excluding carboxylic acids is 1. The second-order valence-corrected chi connectivity index (χ2v) is 9.82. The first-order valence-electron chi connectivity index (χ1n) is 7.98. The predicted octanol–water partition coefficient (Wildman–Crippen LogP) is 2.82. The van der Waals surface area contributed by atoms with Crippen LogP contribution in [0.15, 0.2) is 23.1 Å². The molecule has 1 aliphatic heterocycles. The van der Waals surface area contributed by atoms with Crippen molar-refractivity contribution in [2.24, 2.45) is 0 Å². The smallest absolute Gasteiger partial charge is 0.236 e. The van der Waals surface area contributed by atoms with Gasteiger partial charge < -0.3 is 4.90 Å². The Morgan fingerprint density at radius 1 is 1.39 bits per heavy atom. The van der Waals surface area contributed by atoms with Gasteiger partial charge in [-0.3, -0.25) is 4.79 Å². The van der Waals surface area contributed by atoms with Crippen molar-refractivity contribution in [2.75, 3.05) is 18.1 Å². The Morgan fingerprint density at radius 2 is 2.09 bits per heavy atom. The molecule has 2 rings (SSSR count). The molecule has 0 aromatic heterocycles. The topological polar surface area (TPSA) is 54.5 Å². The van der Waals surface area contributed by atoms with E-state index < -0.39 is 9.84 Å². The molecule has 1 saturated heterocycles. The minimum absolute atomic E-state index is 0.0274. The van der Waals surface area contributed by atoms with Gasteiger partial charge in [-0.15, -0.1) is 11.8 Å². The molecule has 1 fully saturated rings. The number of carbonyl (C=O) groups is 1. The lowest BCUT2D eigenvalue weighted by molar-refractivity contribution is -0.131. The normalized spacial score (nSPS) is 21.1. The van der Waals surface area contributed by atoms with Crippen molar-refractivity contribution in [3.8, 4) is 0 Å². The zero-order valence-electron chi connectivity index (χ0n) is 14.2. The van der Waals surface area contributed by atoms with Gasteiger partial charge in [0.2, 0.25) is 5.91 Å². The number of hydrogen-bond acceptors (Lipinski definition) is 4. The van der Waals surface area contributed by atoms with Crippen molar-refractivity contribution in [1.82, 2.24) is 4.90 Å². The summed E-state index contributed by atoms with van der Waals surface area (Å²) in [5.74, 6) is 0.327. The molecule has 0 aliphatic carbocycles. The maximum atomic E-state index is 12.8. The molecule has 0 saturated carbocycles. The van der Waals surface area contributed by atoms with Crippen LogP contribution in [-0.2, 0) is 14.6 Å². The van der Waals surface area contributed by atoms with Crippen LogP contribution in [0.1, 0.15) is 31.4 Å². The van der Waals surface area contributed by atoms with E-state index in [1.54, 1.807) is 16.7 Å². The van der Waals surface area contributed by atoms with Gasteiger partial charge in [-0.25, -0.2) is 8.42 Å². The molecule has 1 amide bonds. The first kappa shape index (κ1) is 18.3. The Labute approximate surface area is 143 Å². The van der Waals surface area contributed by atoms with Crippen molar-refractivity contribution in [2.45, 2.75) is 50.3 Å². The molecule has 0 radical (unpaired) electrons. The number of thioether (sulfide) groups is 1. The lowest BCUT2D eigenvalue weighted by Gasteiger charge is -2.29. The standard InChI is InChI=1S/C17H25NO3S2/c1-5-18(15-8-9-23(20,21)11-15)17(19)14(4)22-16-7-6-12(2)10-13(16)3/h6-7,10,14-15H,5,8-9,11H2,1-4H3/t14-,15-/m1/s1. The number of benzene rings is 1. The van der Waals surface area contributed by atoms with Gasteiger partial charge >= 0.3 is 0 Å². The molecular weight excluding hydrogens is 330 g/mol. The summed E-state index contributed by atoms with van der Waals surface area (Å²) in [6.45, 7) is 8.47. The molecular formula is C17H25NO3S2. The van der Waals surface area contributed by atoms with E-state index >= 15 is 0 Å². The Bertz CT molecular complexity index is 685. The van der Waals surface area contributed by atoms with Crippen molar-refractivity contribution >= 4 is 27.5 Å². The maximum Gasteiger partial charge on any atom is 0.236 e. The molecule has 4 nitrogen and oxygen atoms in total. The van der Waals surface area contributed by atoms with Gasteiger partial charge in [0.1, 0.15) is 0 Å². The van der Waals surface area contributed by atoms with Gasteiger partial charge in [-0.1, -0.05) is 17.7 Å². The van der Waals surface area contributed by atoms with Crippen molar-refractivity contribution < 1.29 is 13.2 Å². The third-order valence-corrected chi connectivity index (χ3v) is 7.27. The molecule has 128 valence electrons. The average molecular weight is 356 g/mol. The average Bonchev–Trinajstić information content (AvgIpc) is 2.82. The third kappa shape index (κ3) is 4.51. The van der Waals surface area contributed by atoms with E-state index in [0.717, 1.165) is 4.90 Å². The van der Waals surface area contributed by atoms with E-state index in [4.69, 9.17) is 0 Å². The summed E-state index contributed by atoms with van der Waals surface area (Å²) < 4.78 is 23.4. The van der Waals surface area contributed by atoms with E-state index in [0.29, 0.717) is 13.0 Å². The SMILES string of the molecule is CCN(C(=O)[C@@H](C)Sc1ccc(C)cc1C)[C@@H]1CCS(=O)(=O)C1. The van der Waals surface area contributed by atoms with Crippen molar-refractivity contribution in [3.05, 3.63) is 29.3 Å². The van der Waals surface area contributed by atoms with E-state index in [1.165, 1.54) is 11.1 Å². The first-order valence-corrected chi connectivity index (χ1v) is 10.7. The molecule has 0 spiro atoms. The lowest BCUT2D eigenvalue weighted by Crippen LogP contribution is -2.44. The van der Waals surface area contributed by atoms with E-state index in [-0.39, 0.29) is 28.7 Å². The van der Waals surface area contributed by atoms with Crippen molar-refractivity contribution in [1.29, 1.82) is 0 Å². The minimum Gasteiger partial charge on any atom is -0.338 e. The second-order valence-electron chi connectivity index (χ2n) is 6.21. The van der Waals surface area contributed by atoms with Gasteiger partial charge in [0.15, 0.2) is 9.84 Å². The van der Waals surface area contributed by atoms with Gasteiger partial charge in [0.05, 0.1) is 16.8 Å². The fourth-order valence-corrected chi connectivity index (χ4v) is 5.76. The van der Waals surface area contributed by atoms with Crippen LogP contribution in [0.4, 0.5) is 0 Å². The summed E-state index contributed by atoms with van der Waals surface area (Å²) >= 11 is 1.55. The van der Waals surface area contributed by atoms with Crippen LogP contribution < -0.4 is 0 Å². The van der Waals surface area contributed by atoms with Crippen LogP contribution >= 0.6 is 11.8 Å². The molecule has 2 atom stereocenters. The minimum atomic E-state index is -2.98. The van der Waals surface area contributed by atoms with Crippen LogP contribution in [0.5, 0.6) is 0 Å². The number of nitrogens with zero attached hydrogens (tertiary/aromatic N) is 1. The molecule has 6 heteroatoms. The highest BCUT2D eigenvalue weighted by molar-refractivity contribution is 8.00. The number of hydrogen-bond donors (Lipinski definition) is 0. The Kier molecular flexibility index (Phi) is 5.79. The zero-order valence-corrected chi connectivity index (χ0v) is 15.8. The Hall–Kier alpha value is -1.01. The Balaban J connectivity index is 2.08. The van der Waals surface area contributed by atoms with Crippen molar-refractivity contribution in [3.63, 3.8) is 0 Å². The molecule has 1 aromatic rings. The summed E-state index contributed by atoms with van der Waals surface area (Å²) in [6, 6.07) is 6.05. The van der Waals surface area contributed by atoms with Gasteiger partial charge in [-0.05, 0) is 45.7 Å². The van der Waals surface area contributed by atoms with Crippen LogP contribution in [0.3, 0.4) is 0 Å². The zero-order chi connectivity index (χ0) is 17.2. The summed E-state index contributed by atoms with van der Waals surface area (Å²) in [5.41, 5.74) is 2.37. The van der Waals surface area contributed by atoms with Crippen LogP contribution in [0.25, 0.3) is 0 Å². The largest absolute Gasteiger partial charge is 0.338 e. The quantitative estimate of drug-likeness (QED) is 0.762. The fourth-order valence-electron chi connectivity index (χ4n) is 3.02. The molecule has 1 aromatic carbocycles.